The lowest BCUT2D eigenvalue weighted by Gasteiger charge is -1.91. The molecule has 0 unspecified atom stereocenters. The van der Waals surface area contributed by atoms with Crippen molar-refractivity contribution in [2.24, 2.45) is 0 Å². The Hall–Kier alpha value is -0.760. The summed E-state index contributed by atoms with van der Waals surface area (Å²) in [5.74, 6) is 0.144. The lowest BCUT2D eigenvalue weighted by molar-refractivity contribution is 0.601. The van der Waals surface area contributed by atoms with Gasteiger partial charge >= 0.3 is 0 Å². The van der Waals surface area contributed by atoms with Crippen molar-refractivity contribution in [2.75, 3.05) is 0 Å². The highest BCUT2D eigenvalue weighted by molar-refractivity contribution is 6.09. The third kappa shape index (κ3) is 1.57. The minimum absolute atomic E-state index is 0.299. The Morgan fingerprint density at radius 3 is 2.22 bits per heavy atom. The molecular weight excluding hydrogens is 143 g/mol. The highest BCUT2D eigenvalue weighted by Crippen LogP contribution is 2.11. The molecule has 0 aliphatic heterocycles. The Balaban J connectivity index is 2.88. The van der Waals surface area contributed by atoms with Crippen LogP contribution in [-0.2, 0) is 0 Å². The quantitative estimate of drug-likeness (QED) is 0.591. The molecule has 1 aromatic rings. The van der Waals surface area contributed by atoms with Crippen molar-refractivity contribution in [3.63, 3.8) is 0 Å². The summed E-state index contributed by atoms with van der Waals surface area (Å²) in [6, 6.07) is 5.44. The van der Waals surface area contributed by atoms with Gasteiger partial charge in [0.2, 0.25) is 0 Å². The van der Waals surface area contributed by atoms with Crippen LogP contribution in [0, 0.1) is 5.82 Å². The van der Waals surface area contributed by atoms with E-state index in [1.165, 1.54) is 24.3 Å². The van der Waals surface area contributed by atoms with Gasteiger partial charge in [0.15, 0.2) is 0 Å². The van der Waals surface area contributed by atoms with Gasteiger partial charge in [-0.05, 0) is 24.3 Å². The van der Waals surface area contributed by atoms with Crippen LogP contribution in [0.25, 0.3) is 0 Å². The fourth-order valence-electron chi connectivity index (χ4n) is 0.486. The van der Waals surface area contributed by atoms with Crippen LogP contribution < -0.4 is 4.29 Å². The first-order chi connectivity index (χ1) is 4.33. The SMILES string of the molecule is Fc1ccc(OCl)cc1. The monoisotopic (exact) mass is 146 g/mol. The average Bonchev–Trinajstić information content (AvgIpc) is 1.90. The van der Waals surface area contributed by atoms with Gasteiger partial charge in [0.25, 0.3) is 0 Å². The molecule has 0 saturated carbocycles. The zero-order valence-corrected chi connectivity index (χ0v) is 5.23. The zero-order valence-electron chi connectivity index (χ0n) is 4.47. The molecule has 3 heteroatoms. The van der Waals surface area contributed by atoms with Crippen LogP contribution >= 0.6 is 11.9 Å². The molecule has 0 heterocycles. The summed E-state index contributed by atoms with van der Waals surface area (Å²) in [6.45, 7) is 0. The first-order valence-electron chi connectivity index (χ1n) is 2.37. The van der Waals surface area contributed by atoms with Crippen molar-refractivity contribution in [3.05, 3.63) is 30.1 Å². The van der Waals surface area contributed by atoms with Crippen molar-refractivity contribution >= 4 is 11.9 Å². The van der Waals surface area contributed by atoms with Gasteiger partial charge in [-0.15, -0.1) is 0 Å². The molecule has 0 N–H and O–H groups in total. The Morgan fingerprint density at radius 1 is 1.22 bits per heavy atom. The van der Waals surface area contributed by atoms with Crippen LogP contribution in [0.15, 0.2) is 24.3 Å². The molecule has 1 rings (SSSR count). The first-order valence-corrected chi connectivity index (χ1v) is 2.68. The Labute approximate surface area is 57.2 Å². The van der Waals surface area contributed by atoms with E-state index >= 15 is 0 Å². The van der Waals surface area contributed by atoms with E-state index in [1.807, 2.05) is 0 Å². The van der Waals surface area contributed by atoms with E-state index in [4.69, 9.17) is 11.9 Å². The number of benzene rings is 1. The lowest BCUT2D eigenvalue weighted by atomic mass is 10.3. The standard InChI is InChI=1S/C6H4ClFO/c7-9-6-3-1-5(8)2-4-6/h1-4H. The van der Waals surface area contributed by atoms with Gasteiger partial charge in [-0.3, -0.25) is 0 Å². The number of rotatable bonds is 1. The Kier molecular flexibility index (Phi) is 1.90. The van der Waals surface area contributed by atoms with Crippen molar-refractivity contribution < 1.29 is 8.68 Å². The van der Waals surface area contributed by atoms with Crippen LogP contribution in [0.3, 0.4) is 0 Å². The third-order valence-electron chi connectivity index (χ3n) is 0.903. The largest absolute Gasteiger partial charge is 0.386 e. The van der Waals surface area contributed by atoms with E-state index in [0.717, 1.165) is 0 Å². The molecule has 1 aromatic carbocycles. The summed E-state index contributed by atoms with van der Waals surface area (Å²) in [6.07, 6.45) is 0. The molecule has 0 bridgehead atoms. The third-order valence-corrected chi connectivity index (χ3v) is 1.08. The van der Waals surface area contributed by atoms with Crippen molar-refractivity contribution in [1.29, 1.82) is 0 Å². The minimum Gasteiger partial charge on any atom is -0.386 e. The van der Waals surface area contributed by atoms with Gasteiger partial charge in [0.05, 0.1) is 0 Å². The molecule has 9 heavy (non-hydrogen) atoms. The van der Waals surface area contributed by atoms with E-state index in [0.29, 0.717) is 5.75 Å². The van der Waals surface area contributed by atoms with Crippen LogP contribution in [0.1, 0.15) is 0 Å². The normalized spacial score (nSPS) is 9.11. The predicted molar refractivity (Wildman–Crippen MR) is 32.9 cm³/mol. The fraction of sp³-hybridized carbons (Fsp3) is 0. The first kappa shape index (κ1) is 6.36. The summed E-state index contributed by atoms with van der Waals surface area (Å²) in [5, 5.41) is 0. The summed E-state index contributed by atoms with van der Waals surface area (Å²) >= 11 is 4.96. The molecule has 0 amide bonds. The van der Waals surface area contributed by atoms with Crippen molar-refractivity contribution in [2.45, 2.75) is 0 Å². The molecular formula is C6H4ClFO. The topological polar surface area (TPSA) is 9.23 Å². The van der Waals surface area contributed by atoms with Gasteiger partial charge in [-0.25, -0.2) is 4.39 Å². The molecule has 0 aromatic heterocycles. The lowest BCUT2D eigenvalue weighted by Crippen LogP contribution is -1.74. The Bertz CT molecular complexity index is 185. The maximum absolute atomic E-state index is 12.1. The van der Waals surface area contributed by atoms with E-state index in [2.05, 4.69) is 4.29 Å². The maximum atomic E-state index is 12.1. The smallest absolute Gasteiger partial charge is 0.146 e. The molecule has 0 aliphatic carbocycles. The van der Waals surface area contributed by atoms with Gasteiger partial charge in [0.1, 0.15) is 23.4 Å². The second-order valence-corrected chi connectivity index (χ2v) is 1.69. The molecule has 48 valence electrons. The number of hydrogen-bond acceptors (Lipinski definition) is 1. The molecule has 0 atom stereocenters. The average molecular weight is 147 g/mol. The second kappa shape index (κ2) is 2.69. The van der Waals surface area contributed by atoms with Crippen LogP contribution in [0.4, 0.5) is 4.39 Å². The molecule has 0 saturated heterocycles. The fourth-order valence-corrected chi connectivity index (χ4v) is 0.589. The molecule has 0 spiro atoms. The van der Waals surface area contributed by atoms with Crippen molar-refractivity contribution in [3.8, 4) is 5.75 Å². The summed E-state index contributed by atoms with van der Waals surface area (Å²) in [7, 11) is 0. The second-order valence-electron chi connectivity index (χ2n) is 1.53. The molecule has 0 radical (unpaired) electrons. The van der Waals surface area contributed by atoms with E-state index in [1.54, 1.807) is 0 Å². The summed E-state index contributed by atoms with van der Waals surface area (Å²) < 4.78 is 16.4. The van der Waals surface area contributed by atoms with Crippen LogP contribution in [0.5, 0.6) is 5.75 Å². The number of hydrogen-bond donors (Lipinski definition) is 0. The summed E-state index contributed by atoms with van der Waals surface area (Å²) in [5.41, 5.74) is 0. The zero-order chi connectivity index (χ0) is 6.69. The molecule has 0 aliphatic rings. The Morgan fingerprint density at radius 2 is 1.78 bits per heavy atom. The van der Waals surface area contributed by atoms with E-state index in [-0.39, 0.29) is 5.82 Å². The van der Waals surface area contributed by atoms with Crippen molar-refractivity contribution in [1.82, 2.24) is 0 Å². The van der Waals surface area contributed by atoms with Gasteiger partial charge in [-0.1, -0.05) is 0 Å². The van der Waals surface area contributed by atoms with E-state index < -0.39 is 0 Å². The minimum atomic E-state index is -0.299. The molecule has 1 nitrogen and oxygen atoms in total. The van der Waals surface area contributed by atoms with Crippen LogP contribution in [0.2, 0.25) is 0 Å². The predicted octanol–water partition coefficient (Wildman–Crippen LogP) is 2.36. The summed E-state index contributed by atoms with van der Waals surface area (Å²) in [4.78, 5) is 0. The van der Waals surface area contributed by atoms with Gasteiger partial charge < -0.3 is 4.29 Å². The highest BCUT2D eigenvalue weighted by Gasteiger charge is 1.90. The van der Waals surface area contributed by atoms with Gasteiger partial charge in [0, 0.05) is 0 Å². The van der Waals surface area contributed by atoms with E-state index in [9.17, 15) is 4.39 Å². The maximum Gasteiger partial charge on any atom is 0.146 e. The number of halogens is 2. The molecule has 0 fully saturated rings. The van der Waals surface area contributed by atoms with Crippen LogP contribution in [-0.4, -0.2) is 0 Å². The van der Waals surface area contributed by atoms with Gasteiger partial charge in [-0.2, -0.15) is 0 Å². The highest BCUT2D eigenvalue weighted by atomic mass is 35.5.